The molecule has 18 heavy (non-hydrogen) atoms. The number of rotatable bonds is 4. The summed E-state index contributed by atoms with van der Waals surface area (Å²) in [6.45, 7) is 3.20. The summed E-state index contributed by atoms with van der Waals surface area (Å²) in [4.78, 5) is 8.91. The lowest BCUT2D eigenvalue weighted by molar-refractivity contribution is 0.0495. The molecule has 1 aromatic rings. The fraction of sp³-hybridized carbons (Fsp3) is 0.636. The quantitative estimate of drug-likeness (QED) is 0.523. The lowest BCUT2D eigenvalue weighted by atomic mass is 10.4. The number of hydrazine groups is 2. The molecule has 1 saturated heterocycles. The first-order chi connectivity index (χ1) is 8.85. The minimum absolute atomic E-state index is 0.503. The van der Waals surface area contributed by atoms with Gasteiger partial charge in [-0.15, -0.1) is 0 Å². The molecule has 0 radical (unpaired) electrons. The van der Waals surface area contributed by atoms with Crippen LogP contribution in [0.4, 0.5) is 11.6 Å². The van der Waals surface area contributed by atoms with E-state index in [1.54, 1.807) is 0 Å². The molecule has 2 heterocycles. The third kappa shape index (κ3) is 2.69. The van der Waals surface area contributed by atoms with Gasteiger partial charge in [-0.05, 0) is 12.8 Å². The molecule has 98 valence electrons. The van der Waals surface area contributed by atoms with Gasteiger partial charge >= 0.3 is 0 Å². The van der Waals surface area contributed by atoms with Crippen molar-refractivity contribution in [2.45, 2.75) is 18.8 Å². The van der Waals surface area contributed by atoms with Crippen molar-refractivity contribution in [3.63, 3.8) is 0 Å². The van der Waals surface area contributed by atoms with Gasteiger partial charge in [0.05, 0.1) is 13.2 Å². The fourth-order valence-corrected chi connectivity index (χ4v) is 1.96. The molecule has 4 N–H and O–H groups in total. The van der Waals surface area contributed by atoms with E-state index in [-0.39, 0.29) is 0 Å². The average molecular weight is 250 g/mol. The van der Waals surface area contributed by atoms with Crippen molar-refractivity contribution in [1.29, 1.82) is 0 Å². The van der Waals surface area contributed by atoms with Gasteiger partial charge in [0.25, 0.3) is 0 Å². The SMILES string of the molecule is NNc1cc(NN2CCOCC2)nc(C2CC2)n1. The van der Waals surface area contributed by atoms with Gasteiger partial charge in [0.1, 0.15) is 17.5 Å². The van der Waals surface area contributed by atoms with Gasteiger partial charge in [-0.25, -0.2) is 20.8 Å². The number of nitrogens with two attached hydrogens (primary N) is 1. The summed E-state index contributed by atoms with van der Waals surface area (Å²) >= 11 is 0. The smallest absolute Gasteiger partial charge is 0.146 e. The Hall–Kier alpha value is -1.44. The van der Waals surface area contributed by atoms with E-state index in [1.807, 2.05) is 6.07 Å². The summed E-state index contributed by atoms with van der Waals surface area (Å²) in [6.07, 6.45) is 2.34. The Balaban J connectivity index is 1.74. The number of anilines is 2. The molecular weight excluding hydrogens is 232 g/mol. The zero-order valence-corrected chi connectivity index (χ0v) is 10.2. The number of nitrogens with zero attached hydrogens (tertiary/aromatic N) is 3. The molecule has 0 atom stereocenters. The number of morpholine rings is 1. The highest BCUT2D eigenvalue weighted by Crippen LogP contribution is 2.38. The molecule has 0 bridgehead atoms. The van der Waals surface area contributed by atoms with Crippen LogP contribution in [0.1, 0.15) is 24.6 Å². The molecule has 2 aliphatic rings. The predicted octanol–water partition coefficient (Wildman–Crippen LogP) is 0.299. The van der Waals surface area contributed by atoms with Crippen molar-refractivity contribution in [3.8, 4) is 0 Å². The van der Waals surface area contributed by atoms with Crippen LogP contribution in [-0.2, 0) is 4.74 Å². The fourth-order valence-electron chi connectivity index (χ4n) is 1.96. The summed E-state index contributed by atoms with van der Waals surface area (Å²) < 4.78 is 5.31. The van der Waals surface area contributed by atoms with E-state index in [9.17, 15) is 0 Å². The topological polar surface area (TPSA) is 88.3 Å². The van der Waals surface area contributed by atoms with Crippen LogP contribution in [0.3, 0.4) is 0 Å². The van der Waals surface area contributed by atoms with Crippen LogP contribution in [0.2, 0.25) is 0 Å². The maximum absolute atomic E-state index is 5.44. The zero-order valence-electron chi connectivity index (χ0n) is 10.2. The normalized spacial score (nSPS) is 20.7. The zero-order chi connectivity index (χ0) is 12.4. The highest BCUT2D eigenvalue weighted by atomic mass is 16.5. The molecule has 0 amide bonds. The van der Waals surface area contributed by atoms with Gasteiger partial charge in [-0.3, -0.25) is 0 Å². The monoisotopic (exact) mass is 250 g/mol. The van der Waals surface area contributed by atoms with E-state index in [2.05, 4.69) is 25.8 Å². The Morgan fingerprint density at radius 2 is 1.94 bits per heavy atom. The maximum atomic E-state index is 5.44. The summed E-state index contributed by atoms with van der Waals surface area (Å²) in [5, 5.41) is 2.10. The Kier molecular flexibility index (Phi) is 3.26. The second-order valence-electron chi connectivity index (χ2n) is 4.63. The molecule has 0 unspecified atom stereocenters. The number of hydrogen-bond acceptors (Lipinski definition) is 7. The minimum atomic E-state index is 0.503. The molecule has 0 spiro atoms. The van der Waals surface area contributed by atoms with Crippen LogP contribution in [0, 0.1) is 0 Å². The van der Waals surface area contributed by atoms with Crippen molar-refractivity contribution in [2.75, 3.05) is 37.2 Å². The summed E-state index contributed by atoms with van der Waals surface area (Å²) in [7, 11) is 0. The summed E-state index contributed by atoms with van der Waals surface area (Å²) in [6, 6.07) is 1.82. The first kappa shape index (κ1) is 11.6. The Morgan fingerprint density at radius 1 is 1.22 bits per heavy atom. The van der Waals surface area contributed by atoms with E-state index in [0.29, 0.717) is 11.7 Å². The molecule has 7 nitrogen and oxygen atoms in total. The number of hydrogen-bond donors (Lipinski definition) is 3. The van der Waals surface area contributed by atoms with Crippen molar-refractivity contribution < 1.29 is 4.74 Å². The van der Waals surface area contributed by atoms with Crippen LogP contribution in [0.5, 0.6) is 0 Å². The van der Waals surface area contributed by atoms with Gasteiger partial charge < -0.3 is 15.6 Å². The lowest BCUT2D eigenvalue weighted by Crippen LogP contribution is -2.40. The molecule has 7 heteroatoms. The Morgan fingerprint density at radius 3 is 2.61 bits per heavy atom. The molecule has 1 saturated carbocycles. The van der Waals surface area contributed by atoms with E-state index in [4.69, 9.17) is 10.6 Å². The number of aromatic nitrogens is 2. The van der Waals surface area contributed by atoms with Crippen LogP contribution in [0.15, 0.2) is 6.07 Å². The summed E-state index contributed by atoms with van der Waals surface area (Å²) in [5.41, 5.74) is 5.88. The van der Waals surface area contributed by atoms with Crippen LogP contribution in [0.25, 0.3) is 0 Å². The van der Waals surface area contributed by atoms with Crippen molar-refractivity contribution in [2.24, 2.45) is 5.84 Å². The summed E-state index contributed by atoms with van der Waals surface area (Å²) in [5.74, 6) is 8.27. The van der Waals surface area contributed by atoms with Crippen LogP contribution >= 0.6 is 0 Å². The molecular formula is C11H18N6O. The molecule has 1 aromatic heterocycles. The lowest BCUT2D eigenvalue weighted by Gasteiger charge is -2.27. The molecule has 1 aliphatic heterocycles. The molecule has 3 rings (SSSR count). The van der Waals surface area contributed by atoms with Crippen LogP contribution in [-0.4, -0.2) is 41.3 Å². The van der Waals surface area contributed by atoms with Crippen LogP contribution < -0.4 is 16.7 Å². The average Bonchev–Trinajstić information content (AvgIpc) is 3.24. The maximum Gasteiger partial charge on any atom is 0.146 e. The third-order valence-corrected chi connectivity index (χ3v) is 3.12. The Labute approximate surface area is 106 Å². The first-order valence-electron chi connectivity index (χ1n) is 6.30. The van der Waals surface area contributed by atoms with Crippen molar-refractivity contribution in [3.05, 3.63) is 11.9 Å². The van der Waals surface area contributed by atoms with E-state index in [1.165, 1.54) is 12.8 Å². The van der Waals surface area contributed by atoms with E-state index in [0.717, 1.165) is 37.9 Å². The van der Waals surface area contributed by atoms with Gasteiger partial charge in [0.15, 0.2) is 0 Å². The first-order valence-corrected chi connectivity index (χ1v) is 6.30. The molecule has 1 aliphatic carbocycles. The second-order valence-corrected chi connectivity index (χ2v) is 4.63. The second kappa shape index (κ2) is 5.05. The highest BCUT2D eigenvalue weighted by Gasteiger charge is 2.27. The standard InChI is InChI=1S/C11H18N6O/c12-15-9-7-10(14-11(13-9)8-1-2-8)16-17-3-5-18-6-4-17/h7-8H,1-6,12H2,(H2,13,14,15,16). The Bertz CT molecular complexity index is 416. The van der Waals surface area contributed by atoms with Crippen molar-refractivity contribution >= 4 is 11.6 Å². The molecule has 2 fully saturated rings. The number of ether oxygens (including phenoxy) is 1. The van der Waals surface area contributed by atoms with Gasteiger partial charge in [-0.1, -0.05) is 0 Å². The van der Waals surface area contributed by atoms with Gasteiger partial charge in [0.2, 0.25) is 0 Å². The van der Waals surface area contributed by atoms with Gasteiger partial charge in [0, 0.05) is 25.1 Å². The van der Waals surface area contributed by atoms with E-state index < -0.39 is 0 Å². The van der Waals surface area contributed by atoms with Gasteiger partial charge in [-0.2, -0.15) is 0 Å². The third-order valence-electron chi connectivity index (χ3n) is 3.12. The van der Waals surface area contributed by atoms with Crippen molar-refractivity contribution in [1.82, 2.24) is 15.0 Å². The minimum Gasteiger partial charge on any atom is -0.379 e. The largest absolute Gasteiger partial charge is 0.379 e. The number of nitrogens with one attached hydrogen (secondary N) is 2. The molecule has 0 aromatic carbocycles. The predicted molar refractivity (Wildman–Crippen MR) is 67.8 cm³/mol. The highest BCUT2D eigenvalue weighted by molar-refractivity contribution is 5.47. The van der Waals surface area contributed by atoms with E-state index >= 15 is 0 Å². The number of nitrogen functional groups attached to an aromatic ring is 1.